The summed E-state index contributed by atoms with van der Waals surface area (Å²) in [5, 5.41) is 9.26. The van der Waals surface area contributed by atoms with Crippen LogP contribution in [0.2, 0.25) is 19.6 Å². The van der Waals surface area contributed by atoms with Crippen molar-refractivity contribution in [3.05, 3.63) is 0 Å². The van der Waals surface area contributed by atoms with Gasteiger partial charge in [-0.3, -0.25) is 9.59 Å². The summed E-state index contributed by atoms with van der Waals surface area (Å²) < 4.78 is 15.4. The van der Waals surface area contributed by atoms with Gasteiger partial charge < -0.3 is 13.9 Å². The van der Waals surface area contributed by atoms with Crippen molar-refractivity contribution in [1.82, 2.24) is 0 Å². The lowest BCUT2D eigenvalue weighted by atomic mass is 9.85. The summed E-state index contributed by atoms with van der Waals surface area (Å²) in [6, 6.07) is 2.13. The number of nitrogens with zero attached hydrogens (tertiary/aromatic N) is 1. The highest BCUT2D eigenvalue weighted by Gasteiger charge is 2.58. The van der Waals surface area contributed by atoms with Gasteiger partial charge in [0.2, 0.25) is 0 Å². The van der Waals surface area contributed by atoms with Crippen molar-refractivity contribution in [2.45, 2.75) is 38.6 Å². The Balaban J connectivity index is 3.09. The summed E-state index contributed by atoms with van der Waals surface area (Å²) in [7, 11) is 0.559. The van der Waals surface area contributed by atoms with Crippen LogP contribution in [0.25, 0.3) is 0 Å². The monoisotopic (exact) mass is 299 g/mol. The number of carbonyl (C=O) groups excluding carboxylic acids is 2. The third-order valence-electron chi connectivity index (χ3n) is 3.39. The molecule has 0 aromatic heterocycles. The number of carbonyl (C=O) groups is 2. The van der Waals surface area contributed by atoms with Crippen LogP contribution in [-0.4, -0.2) is 40.6 Å². The molecule has 0 spiro atoms. The van der Waals surface area contributed by atoms with Gasteiger partial charge in [-0.05, 0) is 26.1 Å². The molecule has 1 rings (SSSR count). The zero-order valence-corrected chi connectivity index (χ0v) is 13.6. The molecule has 0 aromatic carbocycles. The second-order valence-electron chi connectivity index (χ2n) is 5.98. The van der Waals surface area contributed by atoms with E-state index in [4.69, 9.17) is 13.9 Å². The molecular formula is C13H21NO5Si. The van der Waals surface area contributed by atoms with Gasteiger partial charge in [0, 0.05) is 6.42 Å². The summed E-state index contributed by atoms with van der Waals surface area (Å²) in [5.41, 5.74) is -1.42. The molecule has 0 bridgehead atoms. The van der Waals surface area contributed by atoms with Crippen molar-refractivity contribution < 1.29 is 23.5 Å². The van der Waals surface area contributed by atoms with E-state index in [2.05, 4.69) is 6.07 Å². The molecule has 0 unspecified atom stereocenters. The van der Waals surface area contributed by atoms with Crippen LogP contribution < -0.4 is 0 Å². The first-order valence-electron chi connectivity index (χ1n) is 6.44. The maximum atomic E-state index is 12.0. The van der Waals surface area contributed by atoms with Gasteiger partial charge >= 0.3 is 11.9 Å². The molecule has 1 aliphatic carbocycles. The van der Waals surface area contributed by atoms with Gasteiger partial charge in [-0.25, -0.2) is 0 Å². The molecule has 0 aliphatic heterocycles. The molecule has 7 heteroatoms. The van der Waals surface area contributed by atoms with E-state index < -0.39 is 37.7 Å². The predicted molar refractivity (Wildman–Crippen MR) is 73.0 cm³/mol. The minimum Gasteiger partial charge on any atom is -0.468 e. The Morgan fingerprint density at radius 3 is 2.00 bits per heavy atom. The first-order valence-corrected chi connectivity index (χ1v) is 9.85. The van der Waals surface area contributed by atoms with Crippen molar-refractivity contribution in [1.29, 1.82) is 5.26 Å². The van der Waals surface area contributed by atoms with E-state index in [0.29, 0.717) is 0 Å². The molecule has 1 saturated carbocycles. The maximum Gasteiger partial charge on any atom is 0.323 e. The molecular weight excluding hydrogens is 278 g/mol. The molecule has 20 heavy (non-hydrogen) atoms. The Morgan fingerprint density at radius 2 is 1.65 bits per heavy atom. The van der Waals surface area contributed by atoms with Crippen LogP contribution in [0.15, 0.2) is 0 Å². The number of hydrogen-bond acceptors (Lipinski definition) is 6. The van der Waals surface area contributed by atoms with Gasteiger partial charge in [-0.15, -0.1) is 0 Å². The number of rotatable bonds is 4. The predicted octanol–water partition coefficient (Wildman–Crippen LogP) is 1.47. The number of ether oxygens (including phenoxy) is 2. The van der Waals surface area contributed by atoms with E-state index in [9.17, 15) is 14.9 Å². The SMILES string of the molecule is COC(=O)C1(C(=O)OC)C[C@H](O[Si](C)(C)C)[C@@H](C#N)C1. The van der Waals surface area contributed by atoms with E-state index in [1.54, 1.807) is 0 Å². The summed E-state index contributed by atoms with van der Waals surface area (Å²) in [4.78, 5) is 24.1. The average Bonchev–Trinajstić information content (AvgIpc) is 2.74. The van der Waals surface area contributed by atoms with Gasteiger partial charge in [0.05, 0.1) is 32.3 Å². The normalized spacial score (nSPS) is 24.8. The van der Waals surface area contributed by atoms with Crippen molar-refractivity contribution in [2.75, 3.05) is 14.2 Å². The number of esters is 2. The van der Waals surface area contributed by atoms with Gasteiger partial charge in [0.25, 0.3) is 0 Å². The van der Waals surface area contributed by atoms with Crippen molar-refractivity contribution in [2.24, 2.45) is 11.3 Å². The molecule has 0 amide bonds. The first-order chi connectivity index (χ1) is 9.20. The molecule has 0 saturated heterocycles. The van der Waals surface area contributed by atoms with E-state index in [1.165, 1.54) is 14.2 Å². The molecule has 0 heterocycles. The third kappa shape index (κ3) is 3.19. The fraction of sp³-hybridized carbons (Fsp3) is 0.769. The fourth-order valence-electron chi connectivity index (χ4n) is 2.59. The van der Waals surface area contributed by atoms with E-state index in [0.717, 1.165) is 0 Å². The molecule has 112 valence electrons. The van der Waals surface area contributed by atoms with Gasteiger partial charge in [0.15, 0.2) is 13.7 Å². The molecule has 0 N–H and O–H groups in total. The zero-order chi connectivity index (χ0) is 15.6. The Kier molecular flexibility index (Phi) is 4.94. The summed E-state index contributed by atoms with van der Waals surface area (Å²) in [5.74, 6) is -1.84. The van der Waals surface area contributed by atoms with Crippen LogP contribution in [0.5, 0.6) is 0 Å². The lowest BCUT2D eigenvalue weighted by molar-refractivity contribution is -0.169. The van der Waals surface area contributed by atoms with Crippen molar-refractivity contribution >= 4 is 20.3 Å². The molecule has 6 nitrogen and oxygen atoms in total. The highest BCUT2D eigenvalue weighted by molar-refractivity contribution is 6.69. The van der Waals surface area contributed by atoms with Crippen LogP contribution in [0.3, 0.4) is 0 Å². The molecule has 0 radical (unpaired) electrons. The largest absolute Gasteiger partial charge is 0.468 e. The Morgan fingerprint density at radius 1 is 1.15 bits per heavy atom. The highest BCUT2D eigenvalue weighted by atomic mass is 28.4. The minimum atomic E-state index is -1.89. The average molecular weight is 299 g/mol. The number of nitriles is 1. The Bertz CT molecular complexity index is 421. The van der Waals surface area contributed by atoms with Crippen LogP contribution in [0, 0.1) is 22.7 Å². The minimum absolute atomic E-state index is 0.0813. The lowest BCUT2D eigenvalue weighted by Crippen LogP contribution is -2.40. The standard InChI is InChI=1S/C13H21NO5Si/c1-17-11(15)13(12(16)18-2)6-9(8-14)10(7-13)19-20(3,4)5/h9-10H,6-7H2,1-5H3/t9-,10+/m1/s1. The molecule has 0 aromatic rings. The quantitative estimate of drug-likeness (QED) is 0.444. The zero-order valence-electron chi connectivity index (χ0n) is 12.6. The number of hydrogen-bond donors (Lipinski definition) is 0. The smallest absolute Gasteiger partial charge is 0.323 e. The van der Waals surface area contributed by atoms with Crippen LogP contribution in [-0.2, 0) is 23.5 Å². The summed E-state index contributed by atoms with van der Waals surface area (Å²) in [6.07, 6.45) is -0.225. The Labute approximate surface area is 120 Å². The lowest BCUT2D eigenvalue weighted by Gasteiger charge is -2.26. The van der Waals surface area contributed by atoms with Gasteiger partial charge in [0.1, 0.15) is 0 Å². The van der Waals surface area contributed by atoms with Crippen molar-refractivity contribution in [3.63, 3.8) is 0 Å². The molecule has 2 atom stereocenters. The van der Waals surface area contributed by atoms with Gasteiger partial charge in [-0.2, -0.15) is 5.26 Å². The van der Waals surface area contributed by atoms with E-state index >= 15 is 0 Å². The van der Waals surface area contributed by atoms with E-state index in [-0.39, 0.29) is 12.8 Å². The number of methoxy groups -OCH3 is 2. The summed E-state index contributed by atoms with van der Waals surface area (Å²) >= 11 is 0. The van der Waals surface area contributed by atoms with E-state index in [1.807, 2.05) is 19.6 Å². The molecule has 1 fully saturated rings. The topological polar surface area (TPSA) is 85.6 Å². The third-order valence-corrected chi connectivity index (χ3v) is 4.40. The maximum absolute atomic E-state index is 12.0. The summed E-state index contributed by atoms with van der Waals surface area (Å²) in [6.45, 7) is 5.99. The van der Waals surface area contributed by atoms with Crippen molar-refractivity contribution in [3.8, 4) is 6.07 Å². The fourth-order valence-corrected chi connectivity index (χ4v) is 3.75. The molecule has 1 aliphatic rings. The second-order valence-corrected chi connectivity index (χ2v) is 10.4. The van der Waals surface area contributed by atoms with Crippen LogP contribution in [0.4, 0.5) is 0 Å². The first kappa shape index (κ1) is 16.7. The van der Waals surface area contributed by atoms with Crippen LogP contribution >= 0.6 is 0 Å². The Hall–Kier alpha value is -1.39. The second kappa shape index (κ2) is 5.93. The van der Waals surface area contributed by atoms with Crippen LogP contribution in [0.1, 0.15) is 12.8 Å². The van der Waals surface area contributed by atoms with Gasteiger partial charge in [-0.1, -0.05) is 0 Å². The highest BCUT2D eigenvalue weighted by Crippen LogP contribution is 2.45.